The first kappa shape index (κ1) is 39.5. The predicted molar refractivity (Wildman–Crippen MR) is 186 cm³/mol. The van der Waals surface area contributed by atoms with Gasteiger partial charge in [-0.25, -0.2) is 4.79 Å². The Hall–Kier alpha value is -3.96. The normalized spacial score (nSPS) is 21.0. The zero-order valence-electron chi connectivity index (χ0n) is 31.1. The van der Waals surface area contributed by atoms with E-state index in [0.717, 1.165) is 5.56 Å². The van der Waals surface area contributed by atoms with Crippen LogP contribution in [-0.4, -0.2) is 77.2 Å². The molecule has 3 rings (SSSR count). The lowest BCUT2D eigenvalue weighted by Crippen LogP contribution is -2.62. The number of Topliss-reactive ketones (excluding diaryl/α,β-unsaturated/α-hetero) is 1. The van der Waals surface area contributed by atoms with Crippen molar-refractivity contribution in [1.82, 2.24) is 26.2 Å². The number of amides is 5. The Bertz CT molecular complexity index is 1410. The third-order valence-corrected chi connectivity index (χ3v) is 9.57. The molecule has 0 aromatic heterocycles. The lowest BCUT2D eigenvalue weighted by atomic mass is 9.85. The van der Waals surface area contributed by atoms with Crippen molar-refractivity contribution in [3.05, 3.63) is 35.9 Å². The van der Waals surface area contributed by atoms with Gasteiger partial charge in [-0.2, -0.15) is 0 Å². The summed E-state index contributed by atoms with van der Waals surface area (Å²) in [5, 5.41) is 10.8. The number of carbonyl (C=O) groups is 6. The van der Waals surface area contributed by atoms with Crippen LogP contribution in [0.15, 0.2) is 30.3 Å². The molecule has 1 aliphatic heterocycles. The summed E-state index contributed by atoms with van der Waals surface area (Å²) < 4.78 is 5.57. The molecular weight excluding hydrogens is 626 g/mol. The van der Waals surface area contributed by atoms with Gasteiger partial charge in [0.1, 0.15) is 24.2 Å². The summed E-state index contributed by atoms with van der Waals surface area (Å²) in [5.74, 6) is -3.61. The number of hydrogen-bond donors (Lipinski definition) is 4. The van der Waals surface area contributed by atoms with Crippen LogP contribution in [0.2, 0.25) is 0 Å². The molecule has 2 aliphatic rings. The number of benzene rings is 1. The second kappa shape index (κ2) is 14.9. The standard InChI is InChI=1S/C37H57N5O7/c1-12-13-19-24(28(44)31(46)38-20-25(43)49-37(10,11)22-17-15-14-16-18-22)39-30(45)27-26-23(36(26,8)9)21-42(27)32(47)29(34(2,3)4)40-33(48)41-35(5,6)7/h14-18,23-24,26-27,29H,12-13,19-21H2,1-11H3,(H,38,46)(H,39,45)(H2,40,41,48)/t23-,24?,26-,27-,29+/m0/s1. The third-order valence-electron chi connectivity index (χ3n) is 9.57. The number of nitrogens with one attached hydrogen (secondary N) is 4. The molecule has 12 heteroatoms. The molecule has 1 saturated carbocycles. The highest BCUT2D eigenvalue weighted by Crippen LogP contribution is 2.65. The van der Waals surface area contributed by atoms with Crippen LogP contribution in [0.25, 0.3) is 0 Å². The highest BCUT2D eigenvalue weighted by molar-refractivity contribution is 6.38. The Morgan fingerprint density at radius 2 is 1.55 bits per heavy atom. The van der Waals surface area contributed by atoms with Gasteiger partial charge in [-0.05, 0) is 69.3 Å². The van der Waals surface area contributed by atoms with E-state index in [1.165, 1.54) is 4.90 Å². The number of hydrogen-bond acceptors (Lipinski definition) is 7. The number of ether oxygens (including phenoxy) is 1. The van der Waals surface area contributed by atoms with Gasteiger partial charge in [0.2, 0.25) is 17.6 Å². The Morgan fingerprint density at radius 3 is 2.10 bits per heavy atom. The number of nitrogens with zero attached hydrogens (tertiary/aromatic N) is 1. The van der Waals surface area contributed by atoms with Gasteiger partial charge in [-0.15, -0.1) is 0 Å². The second-order valence-corrected chi connectivity index (χ2v) is 16.6. The Labute approximate surface area is 291 Å². The lowest BCUT2D eigenvalue weighted by Gasteiger charge is -2.38. The van der Waals surface area contributed by atoms with E-state index in [1.54, 1.807) is 13.8 Å². The summed E-state index contributed by atoms with van der Waals surface area (Å²) in [4.78, 5) is 81.7. The number of esters is 1. The Kier molecular flexibility index (Phi) is 12.0. The minimum atomic E-state index is -1.16. The smallest absolute Gasteiger partial charge is 0.326 e. The van der Waals surface area contributed by atoms with E-state index in [1.807, 2.05) is 92.6 Å². The van der Waals surface area contributed by atoms with Gasteiger partial charge in [0.05, 0.1) is 6.04 Å². The number of piperidine rings is 1. The van der Waals surface area contributed by atoms with Crippen molar-refractivity contribution in [2.24, 2.45) is 22.7 Å². The maximum absolute atomic E-state index is 14.2. The van der Waals surface area contributed by atoms with E-state index < -0.39 is 70.8 Å². The number of likely N-dealkylation sites (tertiary alicyclic amines) is 1. The Balaban J connectivity index is 1.74. The van der Waals surface area contributed by atoms with E-state index in [4.69, 9.17) is 4.74 Å². The van der Waals surface area contributed by atoms with Gasteiger partial charge in [-0.3, -0.25) is 24.0 Å². The van der Waals surface area contributed by atoms with Gasteiger partial charge < -0.3 is 30.9 Å². The number of rotatable bonds is 13. The molecule has 1 unspecified atom stereocenters. The predicted octanol–water partition coefficient (Wildman–Crippen LogP) is 3.82. The molecule has 1 aromatic rings. The van der Waals surface area contributed by atoms with Crippen molar-refractivity contribution in [3.8, 4) is 0 Å². The molecule has 0 bridgehead atoms. The van der Waals surface area contributed by atoms with Gasteiger partial charge in [0.15, 0.2) is 0 Å². The summed E-state index contributed by atoms with van der Waals surface area (Å²) in [5.41, 5.74) is -1.59. The number of urea groups is 1. The van der Waals surface area contributed by atoms with E-state index in [2.05, 4.69) is 21.3 Å². The largest absolute Gasteiger partial charge is 0.453 e. The minimum Gasteiger partial charge on any atom is -0.453 e. The Morgan fingerprint density at radius 1 is 0.939 bits per heavy atom. The highest BCUT2D eigenvalue weighted by atomic mass is 16.6. The molecule has 2 fully saturated rings. The van der Waals surface area contributed by atoms with Crippen LogP contribution in [0, 0.1) is 22.7 Å². The molecule has 1 aromatic carbocycles. The summed E-state index contributed by atoms with van der Waals surface area (Å²) in [6.07, 6.45) is 1.47. The van der Waals surface area contributed by atoms with Crippen LogP contribution in [0.3, 0.4) is 0 Å². The van der Waals surface area contributed by atoms with E-state index >= 15 is 0 Å². The van der Waals surface area contributed by atoms with E-state index in [0.29, 0.717) is 19.4 Å². The van der Waals surface area contributed by atoms with Crippen molar-refractivity contribution in [3.63, 3.8) is 0 Å². The average Bonchev–Trinajstić information content (AvgIpc) is 3.30. The quantitative estimate of drug-likeness (QED) is 0.182. The van der Waals surface area contributed by atoms with Crippen LogP contribution in [0.4, 0.5) is 4.79 Å². The average molecular weight is 684 g/mol. The maximum atomic E-state index is 14.2. The zero-order valence-corrected chi connectivity index (χ0v) is 31.1. The molecule has 272 valence electrons. The van der Waals surface area contributed by atoms with Crippen molar-refractivity contribution >= 4 is 35.5 Å². The molecule has 4 N–H and O–H groups in total. The molecule has 0 spiro atoms. The summed E-state index contributed by atoms with van der Waals surface area (Å²) in [6.45, 7) is 20.3. The molecule has 12 nitrogen and oxygen atoms in total. The number of fused-ring (bicyclic) bond motifs is 1. The SMILES string of the molecule is CCCCC(NC(=O)[C@@H]1[C@@H]2[C@H](CN1C(=O)[C@@H](NC(=O)NC(C)(C)C)C(C)(C)C)C2(C)C)C(=O)C(=O)NCC(=O)OC(C)(C)c1ccccc1. The monoisotopic (exact) mass is 683 g/mol. The minimum absolute atomic E-state index is 0.0652. The maximum Gasteiger partial charge on any atom is 0.326 e. The molecule has 0 radical (unpaired) electrons. The fourth-order valence-corrected chi connectivity index (χ4v) is 6.69. The molecule has 5 amide bonds. The topological polar surface area (TPSA) is 163 Å². The third kappa shape index (κ3) is 9.82. The first-order valence-electron chi connectivity index (χ1n) is 17.3. The van der Waals surface area contributed by atoms with Crippen molar-refractivity contribution in [2.75, 3.05) is 13.1 Å². The van der Waals surface area contributed by atoms with Gasteiger partial charge in [0.25, 0.3) is 5.91 Å². The fourth-order valence-electron chi connectivity index (χ4n) is 6.69. The van der Waals surface area contributed by atoms with E-state index in [-0.39, 0.29) is 29.6 Å². The van der Waals surface area contributed by atoms with Crippen LogP contribution < -0.4 is 21.3 Å². The molecular formula is C37H57N5O7. The van der Waals surface area contributed by atoms with Crippen molar-refractivity contribution in [2.45, 2.75) is 125 Å². The summed E-state index contributed by atoms with van der Waals surface area (Å²) in [7, 11) is 0. The number of ketones is 1. The summed E-state index contributed by atoms with van der Waals surface area (Å²) >= 11 is 0. The van der Waals surface area contributed by atoms with E-state index in [9.17, 15) is 28.8 Å². The lowest BCUT2D eigenvalue weighted by molar-refractivity contribution is -0.157. The first-order valence-corrected chi connectivity index (χ1v) is 17.3. The molecule has 49 heavy (non-hydrogen) atoms. The van der Waals surface area contributed by atoms with Crippen LogP contribution in [0.1, 0.15) is 101 Å². The van der Waals surface area contributed by atoms with Crippen LogP contribution in [0.5, 0.6) is 0 Å². The molecule has 1 saturated heterocycles. The fraction of sp³-hybridized carbons (Fsp3) is 0.676. The molecule has 5 atom stereocenters. The second-order valence-electron chi connectivity index (χ2n) is 16.6. The highest BCUT2D eigenvalue weighted by Gasteiger charge is 2.70. The van der Waals surface area contributed by atoms with Crippen LogP contribution in [-0.2, 0) is 34.3 Å². The number of unbranched alkanes of at least 4 members (excludes halogenated alkanes) is 1. The zero-order chi connectivity index (χ0) is 37.1. The number of carbonyl (C=O) groups excluding carboxylic acids is 6. The molecule has 1 aliphatic carbocycles. The van der Waals surface area contributed by atoms with Crippen LogP contribution >= 0.6 is 0 Å². The summed E-state index contributed by atoms with van der Waals surface area (Å²) in [6, 6.07) is 5.68. The molecule has 1 heterocycles. The van der Waals surface area contributed by atoms with Crippen molar-refractivity contribution < 1.29 is 33.5 Å². The van der Waals surface area contributed by atoms with Gasteiger partial charge >= 0.3 is 12.0 Å². The van der Waals surface area contributed by atoms with Crippen molar-refractivity contribution in [1.29, 1.82) is 0 Å². The van der Waals surface area contributed by atoms with Gasteiger partial charge in [0, 0.05) is 12.1 Å². The van der Waals surface area contributed by atoms with Gasteiger partial charge in [-0.1, -0.05) is 84.7 Å². The first-order chi connectivity index (χ1) is 22.5.